The molecule has 0 atom stereocenters. The van der Waals surface area contributed by atoms with E-state index in [1.54, 1.807) is 20.0 Å². The van der Waals surface area contributed by atoms with Crippen LogP contribution in [0.1, 0.15) is 20.3 Å². The highest BCUT2D eigenvalue weighted by molar-refractivity contribution is 6.41. The Morgan fingerprint density at radius 3 is 2.21 bits per heavy atom. The lowest BCUT2D eigenvalue weighted by molar-refractivity contribution is -0.115. The van der Waals surface area contributed by atoms with Gasteiger partial charge in [-0.05, 0) is 24.7 Å². The van der Waals surface area contributed by atoms with Crippen LogP contribution in [-0.2, 0) is 4.79 Å². The minimum atomic E-state index is -0.563. The normalized spacial score (nSPS) is 13.3. The summed E-state index contributed by atoms with van der Waals surface area (Å²) in [7, 11) is 4.43. The zero-order chi connectivity index (χ0) is 31.1. The van der Waals surface area contributed by atoms with E-state index in [-0.39, 0.29) is 33.1 Å². The predicted molar refractivity (Wildman–Crippen MR) is 172 cm³/mol. The molecule has 1 aromatic heterocycles. The fourth-order valence-electron chi connectivity index (χ4n) is 4.53. The van der Waals surface area contributed by atoms with Gasteiger partial charge in [0.05, 0.1) is 31.3 Å². The van der Waals surface area contributed by atoms with Gasteiger partial charge in [-0.2, -0.15) is 0 Å². The summed E-state index contributed by atoms with van der Waals surface area (Å²) in [5, 5.41) is 9.19. The van der Waals surface area contributed by atoms with Crippen LogP contribution in [0.5, 0.6) is 11.5 Å². The summed E-state index contributed by atoms with van der Waals surface area (Å²) in [6.07, 6.45) is 1.67. The van der Waals surface area contributed by atoms with Gasteiger partial charge in [-0.3, -0.25) is 9.69 Å². The summed E-state index contributed by atoms with van der Waals surface area (Å²) in [6.45, 7) is 8.79. The molecule has 2 aromatic carbocycles. The van der Waals surface area contributed by atoms with E-state index in [0.717, 1.165) is 38.4 Å². The summed E-state index contributed by atoms with van der Waals surface area (Å²) in [4.78, 5) is 40.2. The van der Waals surface area contributed by atoms with Gasteiger partial charge in [-0.25, -0.2) is 14.8 Å². The highest BCUT2D eigenvalue weighted by Gasteiger charge is 2.22. The molecule has 0 bridgehead atoms. The van der Waals surface area contributed by atoms with Crippen LogP contribution in [0.25, 0.3) is 0 Å². The molecule has 43 heavy (non-hydrogen) atoms. The number of hydrogen-bond acceptors (Lipinski definition) is 9. The van der Waals surface area contributed by atoms with Gasteiger partial charge in [0, 0.05) is 57.5 Å². The first-order chi connectivity index (χ1) is 20.7. The van der Waals surface area contributed by atoms with Crippen LogP contribution in [0.2, 0.25) is 10.0 Å². The second-order valence-corrected chi connectivity index (χ2v) is 10.5. The molecule has 3 amide bonds. The Balaban J connectivity index is 1.55. The van der Waals surface area contributed by atoms with Crippen molar-refractivity contribution in [2.24, 2.45) is 0 Å². The van der Waals surface area contributed by atoms with Crippen molar-refractivity contribution in [3.8, 4) is 11.5 Å². The Bertz CT molecular complexity index is 1440. The van der Waals surface area contributed by atoms with E-state index < -0.39 is 6.03 Å². The fraction of sp³-hybridized carbons (Fsp3) is 0.379. The van der Waals surface area contributed by atoms with Crippen LogP contribution in [0.4, 0.5) is 39.2 Å². The van der Waals surface area contributed by atoms with Crippen molar-refractivity contribution >= 4 is 69.5 Å². The topological polar surface area (TPSA) is 124 Å². The molecule has 1 aliphatic rings. The molecule has 14 heteroatoms. The Morgan fingerprint density at radius 2 is 1.60 bits per heavy atom. The number of carbonyl (C=O) groups excluding carboxylic acids is 2. The van der Waals surface area contributed by atoms with Crippen molar-refractivity contribution in [2.75, 3.05) is 79.7 Å². The van der Waals surface area contributed by atoms with Gasteiger partial charge in [0.1, 0.15) is 39.5 Å². The van der Waals surface area contributed by atoms with E-state index in [9.17, 15) is 9.59 Å². The van der Waals surface area contributed by atoms with Gasteiger partial charge < -0.3 is 35.2 Å². The van der Waals surface area contributed by atoms with E-state index in [2.05, 4.69) is 42.6 Å². The van der Waals surface area contributed by atoms with Gasteiger partial charge in [0.25, 0.3) is 0 Å². The van der Waals surface area contributed by atoms with Crippen LogP contribution >= 0.6 is 23.2 Å². The van der Waals surface area contributed by atoms with Gasteiger partial charge in [0.2, 0.25) is 5.91 Å². The first kappa shape index (κ1) is 31.9. The van der Waals surface area contributed by atoms with E-state index in [4.69, 9.17) is 32.7 Å². The first-order valence-corrected chi connectivity index (χ1v) is 14.6. The lowest BCUT2D eigenvalue weighted by atomic mass is 10.2. The molecule has 0 saturated carbocycles. The number of halogens is 2. The Hall–Kier alpha value is -4.00. The zero-order valence-corrected chi connectivity index (χ0v) is 26.3. The molecular formula is C29H36Cl2N8O4. The molecule has 2 heterocycles. The number of likely N-dealkylation sites (N-methyl/N-ethyl adjacent to an activating group) is 1. The van der Waals surface area contributed by atoms with Crippen molar-refractivity contribution < 1.29 is 19.1 Å². The number of rotatable bonds is 10. The lowest BCUT2D eigenvalue weighted by Crippen LogP contribution is -2.46. The van der Waals surface area contributed by atoms with Gasteiger partial charge >= 0.3 is 6.03 Å². The number of benzene rings is 2. The second kappa shape index (κ2) is 14.5. The zero-order valence-electron chi connectivity index (χ0n) is 24.8. The number of urea groups is 1. The van der Waals surface area contributed by atoms with E-state index in [1.807, 2.05) is 18.2 Å². The van der Waals surface area contributed by atoms with Crippen LogP contribution in [-0.4, -0.2) is 80.8 Å². The van der Waals surface area contributed by atoms with Crippen molar-refractivity contribution in [1.82, 2.24) is 14.9 Å². The highest BCUT2D eigenvalue weighted by Crippen LogP contribution is 2.44. The Kier molecular flexibility index (Phi) is 10.7. The largest absolute Gasteiger partial charge is 0.495 e. The number of nitrogens with one attached hydrogen (secondary N) is 3. The average molecular weight is 632 g/mol. The number of piperazine rings is 1. The summed E-state index contributed by atoms with van der Waals surface area (Å²) in [5.41, 5.74) is 2.44. The number of amides is 3. The Morgan fingerprint density at radius 1 is 0.930 bits per heavy atom. The van der Waals surface area contributed by atoms with E-state index in [0.29, 0.717) is 29.4 Å². The monoisotopic (exact) mass is 630 g/mol. The minimum Gasteiger partial charge on any atom is -0.495 e. The lowest BCUT2D eigenvalue weighted by Gasteiger charge is -2.35. The Labute approximate surface area is 261 Å². The van der Waals surface area contributed by atoms with Gasteiger partial charge in [0.15, 0.2) is 0 Å². The van der Waals surface area contributed by atoms with Gasteiger partial charge in [-0.1, -0.05) is 37.0 Å². The third kappa shape index (κ3) is 7.51. The molecule has 1 saturated heterocycles. The standard InChI is InChI=1S/C29H36Cl2N8O4/c1-6-25(40)35-20-14-18(39-12-10-38(7-2)11-13-39)8-9-19(20)34-23-16-24(33-17-32-23)37(3)29(41)36-28-26(30)21(42-4)15-22(43-5)27(28)31/h8-9,14-17H,6-7,10-13H2,1-5H3,(H,35,40)(H,36,41)(H,32,33,34). The molecule has 0 unspecified atom stereocenters. The van der Waals surface area contributed by atoms with Crippen LogP contribution in [0.15, 0.2) is 36.7 Å². The molecule has 3 N–H and O–H groups in total. The fourth-order valence-corrected chi connectivity index (χ4v) is 5.12. The highest BCUT2D eigenvalue weighted by atomic mass is 35.5. The summed E-state index contributed by atoms with van der Waals surface area (Å²) < 4.78 is 10.6. The maximum absolute atomic E-state index is 13.2. The van der Waals surface area contributed by atoms with E-state index >= 15 is 0 Å². The first-order valence-electron chi connectivity index (χ1n) is 13.8. The number of anilines is 6. The average Bonchev–Trinajstić information content (AvgIpc) is 3.03. The molecule has 230 valence electrons. The molecule has 12 nitrogen and oxygen atoms in total. The molecule has 4 rings (SSSR count). The van der Waals surface area contributed by atoms with Crippen molar-refractivity contribution in [2.45, 2.75) is 20.3 Å². The molecule has 3 aromatic rings. The van der Waals surface area contributed by atoms with Crippen molar-refractivity contribution in [3.63, 3.8) is 0 Å². The maximum Gasteiger partial charge on any atom is 0.327 e. The smallest absolute Gasteiger partial charge is 0.327 e. The number of ether oxygens (including phenoxy) is 2. The SMILES string of the molecule is CCC(=O)Nc1cc(N2CCN(CC)CC2)ccc1Nc1cc(N(C)C(=O)Nc2c(Cl)c(OC)cc(OC)c2Cl)ncn1. The van der Waals surface area contributed by atoms with Crippen LogP contribution in [0.3, 0.4) is 0 Å². The molecule has 0 radical (unpaired) electrons. The maximum atomic E-state index is 13.2. The molecular weight excluding hydrogens is 595 g/mol. The quantitative estimate of drug-likeness (QED) is 0.258. The molecule has 1 aliphatic heterocycles. The number of hydrogen-bond donors (Lipinski definition) is 3. The van der Waals surface area contributed by atoms with Crippen LogP contribution in [0, 0.1) is 0 Å². The number of methoxy groups -OCH3 is 2. The molecule has 1 fully saturated rings. The van der Waals surface area contributed by atoms with Gasteiger partial charge in [-0.15, -0.1) is 0 Å². The summed E-state index contributed by atoms with van der Waals surface area (Å²) in [6, 6.07) is 8.47. The number of carbonyl (C=O) groups is 2. The number of aromatic nitrogens is 2. The van der Waals surface area contributed by atoms with Crippen molar-refractivity contribution in [3.05, 3.63) is 46.7 Å². The minimum absolute atomic E-state index is 0.109. The number of nitrogens with zero attached hydrogens (tertiary/aromatic N) is 5. The third-order valence-corrected chi connectivity index (χ3v) is 7.90. The molecule has 0 aliphatic carbocycles. The second-order valence-electron chi connectivity index (χ2n) is 9.71. The predicted octanol–water partition coefficient (Wildman–Crippen LogP) is 5.70. The third-order valence-electron chi connectivity index (χ3n) is 7.15. The van der Waals surface area contributed by atoms with E-state index in [1.165, 1.54) is 31.5 Å². The molecule has 0 spiro atoms. The summed E-state index contributed by atoms with van der Waals surface area (Å²) in [5.74, 6) is 1.17. The van der Waals surface area contributed by atoms with Crippen LogP contribution < -0.4 is 35.2 Å². The summed E-state index contributed by atoms with van der Waals surface area (Å²) >= 11 is 12.8. The van der Waals surface area contributed by atoms with Crippen molar-refractivity contribution in [1.29, 1.82) is 0 Å².